The Hall–Kier alpha value is -1.27. The monoisotopic (exact) mass is 260 g/mol. The first-order valence-corrected chi connectivity index (χ1v) is 5.75. The average Bonchev–Trinajstić information content (AvgIpc) is 2.33. The molecule has 1 aromatic carbocycles. The molecule has 6 heteroatoms. The van der Waals surface area contributed by atoms with Crippen LogP contribution in [0.4, 0.5) is 18.9 Å². The molecule has 100 valence electrons. The van der Waals surface area contributed by atoms with Crippen LogP contribution in [0.2, 0.25) is 0 Å². The maximum Gasteiger partial charge on any atom is 0.194 e. The molecular formula is C12H15F3N2O. The van der Waals surface area contributed by atoms with Gasteiger partial charge in [0, 0.05) is 37.5 Å². The zero-order chi connectivity index (χ0) is 13.1. The first kappa shape index (κ1) is 13.2. The summed E-state index contributed by atoms with van der Waals surface area (Å²) in [6.07, 6.45) is -0.0417. The van der Waals surface area contributed by atoms with Gasteiger partial charge in [-0.1, -0.05) is 0 Å². The van der Waals surface area contributed by atoms with Crippen LogP contribution in [0.5, 0.6) is 0 Å². The first-order valence-electron chi connectivity index (χ1n) is 5.75. The summed E-state index contributed by atoms with van der Waals surface area (Å²) < 4.78 is 44.2. The minimum atomic E-state index is -1.45. The normalized spacial score (nSPS) is 21.0. The van der Waals surface area contributed by atoms with Crippen molar-refractivity contribution in [1.29, 1.82) is 0 Å². The van der Waals surface area contributed by atoms with E-state index in [0.717, 1.165) is 25.2 Å². The van der Waals surface area contributed by atoms with Gasteiger partial charge in [-0.2, -0.15) is 0 Å². The lowest BCUT2D eigenvalue weighted by molar-refractivity contribution is -0.0117. The summed E-state index contributed by atoms with van der Waals surface area (Å²) in [5.41, 5.74) is 0.211. The van der Waals surface area contributed by atoms with Crippen LogP contribution in [0.25, 0.3) is 0 Å². The second kappa shape index (κ2) is 5.58. The Kier molecular flexibility index (Phi) is 4.08. The topological polar surface area (TPSA) is 24.5 Å². The fourth-order valence-electron chi connectivity index (χ4n) is 1.88. The van der Waals surface area contributed by atoms with Crippen molar-refractivity contribution in [3.63, 3.8) is 0 Å². The molecule has 0 bridgehead atoms. The van der Waals surface area contributed by atoms with Crippen LogP contribution in [-0.4, -0.2) is 44.3 Å². The van der Waals surface area contributed by atoms with Gasteiger partial charge in [0.2, 0.25) is 0 Å². The summed E-state index contributed by atoms with van der Waals surface area (Å²) in [6, 6.07) is 1.87. The molecule has 1 atom stereocenters. The van der Waals surface area contributed by atoms with Crippen molar-refractivity contribution in [3.05, 3.63) is 29.6 Å². The van der Waals surface area contributed by atoms with Gasteiger partial charge in [-0.25, -0.2) is 13.2 Å². The van der Waals surface area contributed by atoms with E-state index in [0.29, 0.717) is 13.2 Å². The van der Waals surface area contributed by atoms with E-state index in [1.54, 1.807) is 0 Å². The van der Waals surface area contributed by atoms with Gasteiger partial charge >= 0.3 is 0 Å². The van der Waals surface area contributed by atoms with Crippen LogP contribution >= 0.6 is 0 Å². The quantitative estimate of drug-likeness (QED) is 0.839. The summed E-state index contributed by atoms with van der Waals surface area (Å²) in [5.74, 6) is -3.84. The van der Waals surface area contributed by atoms with Crippen LogP contribution < -0.4 is 5.32 Å². The fraction of sp³-hybridized carbons (Fsp3) is 0.500. The van der Waals surface area contributed by atoms with E-state index in [1.165, 1.54) is 0 Å². The lowest BCUT2D eigenvalue weighted by Gasteiger charge is -2.30. The Morgan fingerprint density at radius 3 is 2.61 bits per heavy atom. The second-order valence-electron chi connectivity index (χ2n) is 4.39. The molecule has 0 aliphatic carbocycles. The molecule has 1 N–H and O–H groups in total. The standard InChI is InChI=1S/C12H15F3N2O/c1-17-2-3-18-9(7-17)6-16-8-4-10(13)12(15)11(14)5-8/h4-5,9,16H,2-3,6-7H2,1H3. The number of rotatable bonds is 3. The Bertz CT molecular complexity index is 405. The molecule has 1 unspecified atom stereocenters. The van der Waals surface area contributed by atoms with Gasteiger partial charge in [0.25, 0.3) is 0 Å². The summed E-state index contributed by atoms with van der Waals surface area (Å²) in [7, 11) is 1.98. The zero-order valence-electron chi connectivity index (χ0n) is 10.0. The molecule has 0 radical (unpaired) electrons. The third-order valence-electron chi connectivity index (χ3n) is 2.86. The number of halogens is 3. The summed E-state index contributed by atoms with van der Waals surface area (Å²) in [6.45, 7) is 2.68. The second-order valence-corrected chi connectivity index (χ2v) is 4.39. The molecule has 1 aliphatic heterocycles. The molecule has 1 heterocycles. The van der Waals surface area contributed by atoms with E-state index in [1.807, 2.05) is 7.05 Å². The van der Waals surface area contributed by atoms with Gasteiger partial charge in [0.1, 0.15) is 0 Å². The van der Waals surface area contributed by atoms with Crippen molar-refractivity contribution < 1.29 is 17.9 Å². The highest BCUT2D eigenvalue weighted by atomic mass is 19.2. The van der Waals surface area contributed by atoms with Crippen LogP contribution in [0.3, 0.4) is 0 Å². The van der Waals surface area contributed by atoms with Gasteiger partial charge in [0.05, 0.1) is 12.7 Å². The number of nitrogens with zero attached hydrogens (tertiary/aromatic N) is 1. The Balaban J connectivity index is 1.94. The van der Waals surface area contributed by atoms with Gasteiger partial charge in [-0.05, 0) is 7.05 Å². The van der Waals surface area contributed by atoms with Crippen molar-refractivity contribution >= 4 is 5.69 Å². The molecule has 0 aromatic heterocycles. The van der Waals surface area contributed by atoms with Crippen molar-refractivity contribution in [2.75, 3.05) is 38.6 Å². The zero-order valence-corrected chi connectivity index (χ0v) is 10.0. The molecule has 1 aliphatic rings. The highest BCUT2D eigenvalue weighted by Crippen LogP contribution is 2.17. The van der Waals surface area contributed by atoms with E-state index >= 15 is 0 Å². The van der Waals surface area contributed by atoms with E-state index in [-0.39, 0.29) is 11.8 Å². The Labute approximate surface area is 104 Å². The fourth-order valence-corrected chi connectivity index (χ4v) is 1.88. The average molecular weight is 260 g/mol. The van der Waals surface area contributed by atoms with Crippen LogP contribution in [0.15, 0.2) is 12.1 Å². The highest BCUT2D eigenvalue weighted by molar-refractivity contribution is 5.44. The molecule has 0 spiro atoms. The van der Waals surface area contributed by atoms with Gasteiger partial charge in [-0.3, -0.25) is 0 Å². The number of likely N-dealkylation sites (N-methyl/N-ethyl adjacent to an activating group) is 1. The van der Waals surface area contributed by atoms with Crippen LogP contribution in [-0.2, 0) is 4.74 Å². The molecule has 3 nitrogen and oxygen atoms in total. The lowest BCUT2D eigenvalue weighted by Crippen LogP contribution is -2.43. The molecule has 18 heavy (non-hydrogen) atoms. The van der Waals surface area contributed by atoms with E-state index in [2.05, 4.69) is 10.2 Å². The van der Waals surface area contributed by atoms with Crippen molar-refractivity contribution in [1.82, 2.24) is 4.90 Å². The summed E-state index contributed by atoms with van der Waals surface area (Å²) in [5, 5.41) is 2.85. The predicted octanol–water partition coefficient (Wildman–Crippen LogP) is 1.85. The van der Waals surface area contributed by atoms with Crippen LogP contribution in [0.1, 0.15) is 0 Å². The number of benzene rings is 1. The van der Waals surface area contributed by atoms with E-state index < -0.39 is 17.5 Å². The minimum absolute atomic E-state index is 0.0417. The molecule has 1 fully saturated rings. The number of nitrogens with one attached hydrogen (secondary N) is 1. The summed E-state index contributed by atoms with van der Waals surface area (Å²) in [4.78, 5) is 2.11. The van der Waals surface area contributed by atoms with Crippen molar-refractivity contribution in [2.45, 2.75) is 6.10 Å². The third kappa shape index (κ3) is 3.14. The maximum atomic E-state index is 13.0. The largest absolute Gasteiger partial charge is 0.382 e. The molecule has 1 aromatic rings. The number of hydrogen-bond donors (Lipinski definition) is 1. The Morgan fingerprint density at radius 1 is 1.33 bits per heavy atom. The van der Waals surface area contributed by atoms with Crippen LogP contribution in [0, 0.1) is 17.5 Å². The van der Waals surface area contributed by atoms with Crippen molar-refractivity contribution in [2.24, 2.45) is 0 Å². The smallest absolute Gasteiger partial charge is 0.194 e. The van der Waals surface area contributed by atoms with Gasteiger partial charge in [-0.15, -0.1) is 0 Å². The predicted molar refractivity (Wildman–Crippen MR) is 62.0 cm³/mol. The summed E-state index contributed by atoms with van der Waals surface area (Å²) >= 11 is 0. The lowest BCUT2D eigenvalue weighted by atomic mass is 10.2. The van der Waals surface area contributed by atoms with Gasteiger partial charge < -0.3 is 15.0 Å². The van der Waals surface area contributed by atoms with E-state index in [4.69, 9.17) is 4.74 Å². The van der Waals surface area contributed by atoms with Crippen molar-refractivity contribution in [3.8, 4) is 0 Å². The third-order valence-corrected chi connectivity index (χ3v) is 2.86. The molecule has 2 rings (SSSR count). The van der Waals surface area contributed by atoms with E-state index in [9.17, 15) is 13.2 Å². The van der Waals surface area contributed by atoms with Gasteiger partial charge in [0.15, 0.2) is 17.5 Å². The Morgan fingerprint density at radius 2 is 2.00 bits per heavy atom. The molecule has 0 saturated carbocycles. The number of anilines is 1. The first-order chi connectivity index (χ1) is 8.56. The molecular weight excluding hydrogens is 245 g/mol. The number of hydrogen-bond acceptors (Lipinski definition) is 3. The number of ether oxygens (including phenoxy) is 1. The minimum Gasteiger partial charge on any atom is -0.382 e. The molecule has 0 amide bonds. The highest BCUT2D eigenvalue weighted by Gasteiger charge is 2.18. The SMILES string of the molecule is CN1CCOC(CNc2cc(F)c(F)c(F)c2)C1. The molecule has 1 saturated heterocycles. The number of morpholine rings is 1. The maximum absolute atomic E-state index is 13.0.